The number of aromatic nitrogens is 1. The van der Waals surface area contributed by atoms with Crippen LogP contribution in [0.2, 0.25) is 0 Å². The van der Waals surface area contributed by atoms with Gasteiger partial charge in [-0.3, -0.25) is 0 Å². The molecule has 0 saturated heterocycles. The molecule has 1 aliphatic carbocycles. The number of nitrogens with zero attached hydrogens (tertiary/aromatic N) is 2. The number of hydrogen-bond donors (Lipinski definition) is 0. The van der Waals surface area contributed by atoms with Gasteiger partial charge in [0.2, 0.25) is 0 Å². The predicted molar refractivity (Wildman–Crippen MR) is 210 cm³/mol. The fourth-order valence-corrected chi connectivity index (χ4v) is 8.44. The molecule has 0 bridgehead atoms. The number of hydrogen-bond acceptors (Lipinski definition) is 1. The summed E-state index contributed by atoms with van der Waals surface area (Å²) in [5.74, 6) is 0.278. The number of anilines is 2. The second-order valence-corrected chi connectivity index (χ2v) is 13.2. The summed E-state index contributed by atoms with van der Waals surface area (Å²) in [6, 6.07) is 62.3. The number of benzene rings is 7. The van der Waals surface area contributed by atoms with Crippen LogP contribution in [-0.2, 0) is 0 Å². The van der Waals surface area contributed by atoms with Crippen molar-refractivity contribution < 1.29 is 0 Å². The minimum Gasteiger partial charge on any atom is -0.332 e. The largest absolute Gasteiger partial charge is 0.332 e. The fourth-order valence-electron chi connectivity index (χ4n) is 8.44. The molecule has 236 valence electrons. The number of allylic oxidation sites excluding steroid dienone is 2. The molecule has 2 heteroatoms. The first-order chi connectivity index (χ1) is 24.9. The molecule has 8 aromatic rings. The Kier molecular flexibility index (Phi) is 6.67. The summed E-state index contributed by atoms with van der Waals surface area (Å²) < 4.78 is 2.51. The minimum atomic E-state index is 0.162. The summed E-state index contributed by atoms with van der Waals surface area (Å²) in [5.41, 5.74) is 14.7. The first-order valence-electron chi connectivity index (χ1n) is 17.5. The van der Waals surface area contributed by atoms with Crippen molar-refractivity contribution in [1.29, 1.82) is 0 Å². The third-order valence-corrected chi connectivity index (χ3v) is 10.5. The third-order valence-electron chi connectivity index (χ3n) is 10.5. The van der Waals surface area contributed by atoms with Crippen molar-refractivity contribution in [3.63, 3.8) is 0 Å². The first-order valence-corrected chi connectivity index (χ1v) is 17.5. The monoisotopic (exact) mass is 638 g/mol. The second-order valence-electron chi connectivity index (χ2n) is 13.2. The second kappa shape index (κ2) is 11.6. The van der Waals surface area contributed by atoms with Crippen LogP contribution < -0.4 is 4.90 Å². The lowest BCUT2D eigenvalue weighted by molar-refractivity contribution is 0.745. The van der Waals surface area contributed by atoms with Gasteiger partial charge in [-0.05, 0) is 34.9 Å². The van der Waals surface area contributed by atoms with Crippen molar-refractivity contribution in [2.75, 3.05) is 4.90 Å². The molecular weight excluding hydrogens is 605 g/mol. The molecule has 7 aromatic carbocycles. The molecule has 50 heavy (non-hydrogen) atoms. The topological polar surface area (TPSA) is 8.17 Å². The van der Waals surface area contributed by atoms with Crippen molar-refractivity contribution >= 4 is 33.2 Å². The van der Waals surface area contributed by atoms with Crippen molar-refractivity contribution in [2.24, 2.45) is 0 Å². The van der Waals surface area contributed by atoms with Gasteiger partial charge < -0.3 is 9.47 Å². The van der Waals surface area contributed by atoms with E-state index in [1.165, 1.54) is 77.8 Å². The lowest BCUT2D eigenvalue weighted by atomic mass is 9.89. The lowest BCUT2D eigenvalue weighted by Gasteiger charge is -2.33. The summed E-state index contributed by atoms with van der Waals surface area (Å²) in [7, 11) is 0. The van der Waals surface area contributed by atoms with Crippen LogP contribution in [0.1, 0.15) is 11.5 Å². The Morgan fingerprint density at radius 3 is 1.54 bits per heavy atom. The normalized spacial score (nSPS) is 16.2. The molecule has 0 radical (unpaired) electrons. The molecule has 2 unspecified atom stereocenters. The first kappa shape index (κ1) is 28.6. The van der Waals surface area contributed by atoms with Crippen LogP contribution in [0.15, 0.2) is 194 Å². The zero-order valence-electron chi connectivity index (χ0n) is 27.5. The molecule has 2 aliphatic rings. The van der Waals surface area contributed by atoms with E-state index in [1.807, 2.05) is 0 Å². The van der Waals surface area contributed by atoms with Gasteiger partial charge in [0.1, 0.15) is 0 Å². The van der Waals surface area contributed by atoms with Gasteiger partial charge in [0.05, 0.1) is 28.5 Å². The average molecular weight is 639 g/mol. The van der Waals surface area contributed by atoms with Crippen LogP contribution in [0, 0.1) is 0 Å². The Labute approximate surface area is 292 Å². The molecule has 2 nitrogen and oxygen atoms in total. The van der Waals surface area contributed by atoms with Crippen molar-refractivity contribution in [2.45, 2.75) is 12.0 Å². The summed E-state index contributed by atoms with van der Waals surface area (Å²) >= 11 is 0. The highest BCUT2D eigenvalue weighted by atomic mass is 15.2. The van der Waals surface area contributed by atoms with E-state index in [-0.39, 0.29) is 12.0 Å². The Morgan fingerprint density at radius 1 is 0.380 bits per heavy atom. The lowest BCUT2D eigenvalue weighted by Crippen LogP contribution is -2.29. The number of fused-ring (bicyclic) bond motifs is 6. The number of rotatable bonds is 5. The molecule has 0 saturated carbocycles. The van der Waals surface area contributed by atoms with E-state index in [0.29, 0.717) is 0 Å². The van der Waals surface area contributed by atoms with Gasteiger partial charge in [-0.25, -0.2) is 0 Å². The Morgan fingerprint density at radius 2 is 0.880 bits per heavy atom. The Balaban J connectivity index is 1.35. The van der Waals surface area contributed by atoms with E-state index in [2.05, 4.69) is 204 Å². The Bertz CT molecular complexity index is 2550. The van der Waals surface area contributed by atoms with Gasteiger partial charge in [-0.1, -0.05) is 176 Å². The van der Waals surface area contributed by atoms with Gasteiger partial charge in [-0.2, -0.15) is 0 Å². The van der Waals surface area contributed by atoms with E-state index >= 15 is 0 Å². The van der Waals surface area contributed by atoms with Crippen molar-refractivity contribution in [3.05, 3.63) is 200 Å². The van der Waals surface area contributed by atoms with E-state index in [1.54, 1.807) is 0 Å². The van der Waals surface area contributed by atoms with Crippen LogP contribution in [0.3, 0.4) is 0 Å². The van der Waals surface area contributed by atoms with E-state index in [0.717, 1.165) is 0 Å². The maximum absolute atomic E-state index is 2.61. The standard InChI is InChI=1S/C48H34N2/c1-3-17-33(18-4-1)35-25-15-27-41(47(35)49-43-29-11-7-21-37(43)38-22-8-12-30-44(38)49)42-28-16-26-36(34-19-5-2-6-20-34)48(42)50-45-31-13-9-23-39(45)40-24-10-14-32-46(40)50/h1-32,37,43H. The van der Waals surface area contributed by atoms with Crippen molar-refractivity contribution in [1.82, 2.24) is 4.57 Å². The molecule has 0 amide bonds. The van der Waals surface area contributed by atoms with Gasteiger partial charge >= 0.3 is 0 Å². The van der Waals surface area contributed by atoms with Crippen LogP contribution in [0.25, 0.3) is 60.9 Å². The van der Waals surface area contributed by atoms with Crippen LogP contribution in [0.4, 0.5) is 11.4 Å². The SMILES string of the molecule is C1=CC2c3ccccc3N(c3c(-c4ccccc4)cccc3-c3cccc(-c4ccccc4)c3-n3c4ccccc4c4ccccc43)C2C=C1. The van der Waals surface area contributed by atoms with E-state index in [4.69, 9.17) is 0 Å². The molecule has 2 heterocycles. The molecule has 2 atom stereocenters. The molecule has 0 spiro atoms. The molecule has 1 aromatic heterocycles. The Hall–Kier alpha value is -6.38. The zero-order chi connectivity index (χ0) is 33.0. The smallest absolute Gasteiger partial charge is 0.0630 e. The van der Waals surface area contributed by atoms with Gasteiger partial charge in [0, 0.05) is 44.6 Å². The maximum atomic E-state index is 2.61. The fraction of sp³-hybridized carbons (Fsp3) is 0.0417. The van der Waals surface area contributed by atoms with Gasteiger partial charge in [0.25, 0.3) is 0 Å². The van der Waals surface area contributed by atoms with E-state index in [9.17, 15) is 0 Å². The van der Waals surface area contributed by atoms with Crippen LogP contribution in [-0.4, -0.2) is 10.6 Å². The predicted octanol–water partition coefficient (Wildman–Crippen LogP) is 12.5. The quantitative estimate of drug-likeness (QED) is 0.182. The molecule has 1 aliphatic heterocycles. The van der Waals surface area contributed by atoms with Crippen LogP contribution >= 0.6 is 0 Å². The zero-order valence-corrected chi connectivity index (χ0v) is 27.5. The highest BCUT2D eigenvalue weighted by Gasteiger charge is 2.39. The van der Waals surface area contributed by atoms with Gasteiger partial charge in [-0.15, -0.1) is 0 Å². The summed E-state index contributed by atoms with van der Waals surface area (Å²) in [6.45, 7) is 0. The number of para-hydroxylation sites is 5. The third kappa shape index (κ3) is 4.35. The average Bonchev–Trinajstić information content (AvgIpc) is 3.71. The molecular formula is C48H34N2. The van der Waals surface area contributed by atoms with Crippen LogP contribution in [0.5, 0.6) is 0 Å². The molecule has 0 fully saturated rings. The minimum absolute atomic E-state index is 0.162. The van der Waals surface area contributed by atoms with Crippen molar-refractivity contribution in [3.8, 4) is 39.1 Å². The highest BCUT2D eigenvalue weighted by Crippen LogP contribution is 2.54. The molecule has 10 rings (SSSR count). The van der Waals surface area contributed by atoms with Gasteiger partial charge in [0.15, 0.2) is 0 Å². The maximum Gasteiger partial charge on any atom is 0.0630 e. The summed E-state index contributed by atoms with van der Waals surface area (Å²) in [5, 5.41) is 2.51. The molecule has 0 N–H and O–H groups in total. The van der Waals surface area contributed by atoms with E-state index < -0.39 is 0 Å². The summed E-state index contributed by atoms with van der Waals surface area (Å²) in [4.78, 5) is 2.61. The highest BCUT2D eigenvalue weighted by molar-refractivity contribution is 6.11. The summed E-state index contributed by atoms with van der Waals surface area (Å²) in [6.07, 6.45) is 9.16.